The fourth-order valence-electron chi connectivity index (χ4n) is 3.64. The van der Waals surface area contributed by atoms with Gasteiger partial charge in [-0.25, -0.2) is 0 Å². The number of halogens is 4. The highest BCUT2D eigenvalue weighted by Gasteiger charge is 2.31. The maximum absolute atomic E-state index is 13.7. The van der Waals surface area contributed by atoms with Gasteiger partial charge in [0.2, 0.25) is 5.91 Å². The van der Waals surface area contributed by atoms with Crippen LogP contribution in [0, 0.1) is 0 Å². The first-order chi connectivity index (χ1) is 17.7. The third-order valence-electron chi connectivity index (χ3n) is 5.85. The van der Waals surface area contributed by atoms with Crippen LogP contribution >= 0.6 is 50.7 Å². The van der Waals surface area contributed by atoms with Gasteiger partial charge < -0.3 is 15.0 Å². The van der Waals surface area contributed by atoms with Gasteiger partial charge in [0.05, 0.1) is 14.5 Å². The van der Waals surface area contributed by atoms with E-state index < -0.39 is 6.04 Å². The van der Waals surface area contributed by atoms with Crippen LogP contribution in [-0.2, 0) is 22.6 Å². The number of hydrogen-bond acceptors (Lipinski definition) is 3. The van der Waals surface area contributed by atoms with E-state index in [2.05, 4.69) is 21.2 Å². The molecule has 3 aromatic carbocycles. The van der Waals surface area contributed by atoms with Crippen molar-refractivity contribution in [3.63, 3.8) is 0 Å². The summed E-state index contributed by atoms with van der Waals surface area (Å²) in [7, 11) is 0. The molecule has 0 spiro atoms. The fraction of sp³-hybridized carbons (Fsp3) is 0.286. The van der Waals surface area contributed by atoms with Gasteiger partial charge in [-0.05, 0) is 70.7 Å². The zero-order valence-corrected chi connectivity index (χ0v) is 24.4. The molecule has 2 amide bonds. The Labute approximate surface area is 241 Å². The van der Waals surface area contributed by atoms with Crippen molar-refractivity contribution in [2.45, 2.75) is 45.3 Å². The van der Waals surface area contributed by atoms with Crippen molar-refractivity contribution >= 4 is 62.5 Å². The molecule has 0 unspecified atom stereocenters. The van der Waals surface area contributed by atoms with Crippen LogP contribution in [-0.4, -0.2) is 35.4 Å². The maximum Gasteiger partial charge on any atom is 0.261 e. The highest BCUT2D eigenvalue weighted by atomic mass is 79.9. The smallest absolute Gasteiger partial charge is 0.261 e. The van der Waals surface area contributed by atoms with Gasteiger partial charge in [-0.15, -0.1) is 0 Å². The molecule has 0 aliphatic rings. The van der Waals surface area contributed by atoms with Gasteiger partial charge in [0, 0.05) is 24.0 Å². The average Bonchev–Trinajstić information content (AvgIpc) is 2.88. The standard InChI is InChI=1S/C28H28BrCl3N2O3/c1-3-18(2)33-28(36)25(14-19-7-5-4-6-8-19)34(16-20-9-11-23(31)24(32)13-20)27(35)17-37-26-12-10-21(30)15-22(26)29/h4-13,15,18,25H,3,14,16-17H2,1-2H3,(H,33,36)/t18-,25+/m0/s1. The summed E-state index contributed by atoms with van der Waals surface area (Å²) in [5.41, 5.74) is 1.67. The zero-order chi connectivity index (χ0) is 26.9. The molecule has 0 aliphatic heterocycles. The number of carbonyl (C=O) groups is 2. The molecule has 0 saturated carbocycles. The lowest BCUT2D eigenvalue weighted by molar-refractivity contribution is -0.143. The SMILES string of the molecule is CC[C@H](C)NC(=O)[C@@H](Cc1ccccc1)N(Cc1ccc(Cl)c(Cl)c1)C(=O)COc1ccc(Cl)cc1Br. The Bertz CT molecular complexity index is 1230. The molecule has 9 heteroatoms. The topological polar surface area (TPSA) is 58.6 Å². The summed E-state index contributed by atoms with van der Waals surface area (Å²) in [6.07, 6.45) is 1.10. The molecule has 0 bridgehead atoms. The van der Waals surface area contributed by atoms with Crippen molar-refractivity contribution in [1.29, 1.82) is 0 Å². The summed E-state index contributed by atoms with van der Waals surface area (Å²) in [4.78, 5) is 28.7. The summed E-state index contributed by atoms with van der Waals surface area (Å²) in [5.74, 6) is -0.122. The van der Waals surface area contributed by atoms with Crippen LogP contribution in [0.25, 0.3) is 0 Å². The second-order valence-corrected chi connectivity index (χ2v) is 10.8. The summed E-state index contributed by atoms with van der Waals surface area (Å²) in [6.45, 7) is 3.80. The first-order valence-electron chi connectivity index (χ1n) is 11.8. The third kappa shape index (κ3) is 8.64. The second-order valence-electron chi connectivity index (χ2n) is 8.66. The van der Waals surface area contributed by atoms with Crippen LogP contribution in [0.5, 0.6) is 5.75 Å². The number of nitrogens with one attached hydrogen (secondary N) is 1. The molecule has 5 nitrogen and oxygen atoms in total. The normalized spacial score (nSPS) is 12.5. The highest BCUT2D eigenvalue weighted by Crippen LogP contribution is 2.28. The van der Waals surface area contributed by atoms with Gasteiger partial charge in [-0.3, -0.25) is 9.59 Å². The minimum absolute atomic E-state index is 0.0472. The van der Waals surface area contributed by atoms with E-state index in [1.807, 2.05) is 44.2 Å². The summed E-state index contributed by atoms with van der Waals surface area (Å²) in [6, 6.07) is 19.0. The molecule has 0 fully saturated rings. The quantitative estimate of drug-likeness (QED) is 0.242. The van der Waals surface area contributed by atoms with E-state index >= 15 is 0 Å². The van der Waals surface area contributed by atoms with E-state index in [9.17, 15) is 9.59 Å². The Balaban J connectivity index is 1.94. The lowest BCUT2D eigenvalue weighted by Crippen LogP contribution is -2.53. The van der Waals surface area contributed by atoms with E-state index in [-0.39, 0.29) is 31.0 Å². The molecule has 2 atom stereocenters. The minimum Gasteiger partial charge on any atom is -0.483 e. The van der Waals surface area contributed by atoms with Gasteiger partial charge in [-0.2, -0.15) is 0 Å². The number of benzene rings is 3. The predicted octanol–water partition coefficient (Wildman–Crippen LogP) is 7.34. The Morgan fingerprint density at radius 1 is 0.973 bits per heavy atom. The van der Waals surface area contributed by atoms with E-state index in [1.165, 1.54) is 4.90 Å². The monoisotopic (exact) mass is 624 g/mol. The van der Waals surface area contributed by atoms with Crippen LogP contribution in [0.4, 0.5) is 0 Å². The lowest BCUT2D eigenvalue weighted by atomic mass is 10.0. The number of hydrogen-bond donors (Lipinski definition) is 1. The molecule has 0 heterocycles. The van der Waals surface area contributed by atoms with Crippen molar-refractivity contribution in [2.75, 3.05) is 6.61 Å². The summed E-state index contributed by atoms with van der Waals surface area (Å²) < 4.78 is 6.45. The number of carbonyl (C=O) groups excluding carboxylic acids is 2. The molecule has 0 saturated heterocycles. The van der Waals surface area contributed by atoms with Crippen molar-refractivity contribution in [1.82, 2.24) is 10.2 Å². The van der Waals surface area contributed by atoms with Crippen molar-refractivity contribution in [3.8, 4) is 5.75 Å². The molecular formula is C28H28BrCl3N2O3. The Hall–Kier alpha value is -2.25. The van der Waals surface area contributed by atoms with E-state index in [1.54, 1.807) is 36.4 Å². The molecule has 1 N–H and O–H groups in total. The number of ether oxygens (including phenoxy) is 1. The molecule has 0 radical (unpaired) electrons. The van der Waals surface area contributed by atoms with Gasteiger partial charge in [0.15, 0.2) is 6.61 Å². The van der Waals surface area contributed by atoms with Gasteiger partial charge >= 0.3 is 0 Å². The molecule has 0 aromatic heterocycles. The third-order valence-corrected chi connectivity index (χ3v) is 7.45. The van der Waals surface area contributed by atoms with Crippen LogP contribution in [0.3, 0.4) is 0 Å². The van der Waals surface area contributed by atoms with Crippen LogP contribution in [0.2, 0.25) is 15.1 Å². The zero-order valence-electron chi connectivity index (χ0n) is 20.5. The Kier molecular flexibility index (Phi) is 11.1. The summed E-state index contributed by atoms with van der Waals surface area (Å²) >= 11 is 21.8. The number of nitrogens with zero attached hydrogens (tertiary/aromatic N) is 1. The first kappa shape index (κ1) is 29.3. The molecule has 37 heavy (non-hydrogen) atoms. The molecule has 3 aromatic rings. The Morgan fingerprint density at radius 3 is 2.35 bits per heavy atom. The largest absolute Gasteiger partial charge is 0.483 e. The van der Waals surface area contributed by atoms with Gasteiger partial charge in [0.1, 0.15) is 11.8 Å². The lowest BCUT2D eigenvalue weighted by Gasteiger charge is -2.32. The van der Waals surface area contributed by atoms with Crippen LogP contribution < -0.4 is 10.1 Å². The van der Waals surface area contributed by atoms with Crippen molar-refractivity contribution < 1.29 is 14.3 Å². The van der Waals surface area contributed by atoms with Gasteiger partial charge in [0.25, 0.3) is 5.91 Å². The maximum atomic E-state index is 13.7. The number of amides is 2. The molecule has 0 aliphatic carbocycles. The first-order valence-corrected chi connectivity index (χ1v) is 13.8. The minimum atomic E-state index is -0.782. The van der Waals surface area contributed by atoms with E-state index in [0.29, 0.717) is 31.7 Å². The molecular weight excluding hydrogens is 599 g/mol. The van der Waals surface area contributed by atoms with E-state index in [0.717, 1.165) is 17.5 Å². The van der Waals surface area contributed by atoms with Gasteiger partial charge in [-0.1, -0.05) is 78.1 Å². The average molecular weight is 627 g/mol. The Morgan fingerprint density at radius 2 is 1.70 bits per heavy atom. The van der Waals surface area contributed by atoms with Crippen molar-refractivity contribution in [3.05, 3.63) is 97.4 Å². The molecule has 196 valence electrons. The highest BCUT2D eigenvalue weighted by molar-refractivity contribution is 9.10. The second kappa shape index (κ2) is 14.1. The van der Waals surface area contributed by atoms with Crippen LogP contribution in [0.15, 0.2) is 71.2 Å². The number of rotatable bonds is 11. The predicted molar refractivity (Wildman–Crippen MR) is 153 cm³/mol. The fourth-order valence-corrected chi connectivity index (χ4v) is 4.76. The van der Waals surface area contributed by atoms with E-state index in [4.69, 9.17) is 39.5 Å². The van der Waals surface area contributed by atoms with Crippen LogP contribution in [0.1, 0.15) is 31.4 Å². The molecule has 3 rings (SSSR count). The van der Waals surface area contributed by atoms with Crippen molar-refractivity contribution in [2.24, 2.45) is 0 Å². The summed E-state index contributed by atoms with van der Waals surface area (Å²) in [5, 5.41) is 4.36.